The van der Waals surface area contributed by atoms with E-state index in [1.807, 2.05) is 13.8 Å². The van der Waals surface area contributed by atoms with Gasteiger partial charge in [-0.2, -0.15) is 4.68 Å². The molecule has 0 aliphatic rings. The third-order valence-corrected chi connectivity index (χ3v) is 2.91. The molecule has 1 aromatic rings. The fourth-order valence-electron chi connectivity index (χ4n) is 1.13. The Kier molecular flexibility index (Phi) is 4.17. The predicted molar refractivity (Wildman–Crippen MR) is 61.0 cm³/mol. The lowest BCUT2D eigenvalue weighted by atomic mass is 10.0. The van der Waals surface area contributed by atoms with Crippen LogP contribution in [0.25, 0.3) is 0 Å². The van der Waals surface area contributed by atoms with Crippen LogP contribution in [-0.4, -0.2) is 20.5 Å². The first-order valence-corrected chi connectivity index (χ1v) is 5.65. The number of carbonyl (C=O) groups excluding carboxylic acids is 1. The minimum absolute atomic E-state index is 0.0207. The van der Waals surface area contributed by atoms with Gasteiger partial charge in [-0.05, 0) is 27.3 Å². The molecule has 1 unspecified atom stereocenters. The van der Waals surface area contributed by atoms with Crippen molar-refractivity contribution in [1.29, 1.82) is 0 Å². The second-order valence-electron chi connectivity index (χ2n) is 3.53. The lowest BCUT2D eigenvalue weighted by Crippen LogP contribution is -2.17. The summed E-state index contributed by atoms with van der Waals surface area (Å²) in [5.41, 5.74) is 0. The smallest absolute Gasteiger partial charge is 0.358 e. The van der Waals surface area contributed by atoms with E-state index in [9.17, 15) is 14.9 Å². The second-order valence-corrected chi connectivity index (χ2v) is 4.39. The molecule has 0 bridgehead atoms. The molecule has 0 fully saturated rings. The van der Waals surface area contributed by atoms with Gasteiger partial charge < -0.3 is 10.1 Å². The van der Waals surface area contributed by atoms with Crippen LogP contribution in [0, 0.1) is 16.0 Å². The molecular weight excluding hydrogens is 278 g/mol. The molecule has 1 aromatic heterocycles. The van der Waals surface area contributed by atoms with E-state index in [0.29, 0.717) is 0 Å². The van der Waals surface area contributed by atoms with Crippen LogP contribution in [0.4, 0.5) is 5.82 Å². The Labute approximate surface area is 101 Å². The summed E-state index contributed by atoms with van der Waals surface area (Å²) >= 11 is 3.03. The third kappa shape index (κ3) is 2.88. The van der Waals surface area contributed by atoms with E-state index in [0.717, 1.165) is 6.42 Å². The molecule has 0 N–H and O–H groups in total. The van der Waals surface area contributed by atoms with Crippen molar-refractivity contribution in [3.05, 3.63) is 20.8 Å². The Bertz CT molecular complexity index is 416. The first-order chi connectivity index (χ1) is 7.45. The molecule has 1 heterocycles. The van der Waals surface area contributed by atoms with Crippen LogP contribution in [-0.2, 0) is 11.3 Å². The molecule has 88 valence electrons. The molecule has 0 aromatic carbocycles. The van der Waals surface area contributed by atoms with Gasteiger partial charge in [0.1, 0.15) is 11.0 Å². The lowest BCUT2D eigenvalue weighted by Gasteiger charge is -2.04. The van der Waals surface area contributed by atoms with Crippen molar-refractivity contribution in [3.63, 3.8) is 0 Å². The van der Waals surface area contributed by atoms with Crippen molar-refractivity contribution in [3.8, 4) is 0 Å². The Morgan fingerprint density at radius 2 is 2.38 bits per heavy atom. The second kappa shape index (κ2) is 5.20. The zero-order valence-electron chi connectivity index (χ0n) is 9.01. The van der Waals surface area contributed by atoms with Crippen molar-refractivity contribution < 1.29 is 9.72 Å². The largest absolute Gasteiger partial charge is 0.404 e. The molecule has 0 aliphatic heterocycles. The Hall–Kier alpha value is -1.24. The van der Waals surface area contributed by atoms with E-state index in [2.05, 4.69) is 21.0 Å². The summed E-state index contributed by atoms with van der Waals surface area (Å²) in [4.78, 5) is 21.5. The number of nitrogens with zero attached hydrogens (tertiary/aromatic N) is 3. The Morgan fingerprint density at radius 3 is 2.81 bits per heavy atom. The number of hydrogen-bond donors (Lipinski definition) is 0. The van der Waals surface area contributed by atoms with Gasteiger partial charge in [0.25, 0.3) is 0 Å². The summed E-state index contributed by atoms with van der Waals surface area (Å²) in [6, 6.07) is 0. The third-order valence-electron chi connectivity index (χ3n) is 2.35. The molecule has 0 amide bonds. The van der Waals surface area contributed by atoms with Crippen molar-refractivity contribution in [2.24, 2.45) is 5.92 Å². The highest BCUT2D eigenvalue weighted by Gasteiger charge is 2.21. The average Bonchev–Trinajstić information content (AvgIpc) is 2.58. The number of halogens is 1. The van der Waals surface area contributed by atoms with Crippen molar-refractivity contribution in [1.82, 2.24) is 9.78 Å². The summed E-state index contributed by atoms with van der Waals surface area (Å²) in [5, 5.41) is 14.2. The van der Waals surface area contributed by atoms with Crippen LogP contribution in [0.5, 0.6) is 0 Å². The van der Waals surface area contributed by atoms with Crippen molar-refractivity contribution in [2.75, 3.05) is 0 Å². The molecule has 0 radical (unpaired) electrons. The number of carbonyl (C=O) groups is 1. The first-order valence-electron chi connectivity index (χ1n) is 4.85. The van der Waals surface area contributed by atoms with Gasteiger partial charge in [-0.25, -0.2) is 0 Å². The predicted octanol–water partition coefficient (Wildman–Crippen LogP) is 2.17. The highest BCUT2D eigenvalue weighted by molar-refractivity contribution is 9.10. The highest BCUT2D eigenvalue weighted by atomic mass is 79.9. The zero-order chi connectivity index (χ0) is 12.3. The molecule has 0 saturated carbocycles. The van der Waals surface area contributed by atoms with E-state index in [4.69, 9.17) is 0 Å². The summed E-state index contributed by atoms with van der Waals surface area (Å²) in [7, 11) is 0. The first kappa shape index (κ1) is 12.8. The monoisotopic (exact) mass is 289 g/mol. The van der Waals surface area contributed by atoms with E-state index in [1.54, 1.807) is 0 Å². The van der Waals surface area contributed by atoms with Crippen molar-refractivity contribution >= 4 is 27.5 Å². The molecule has 1 rings (SSSR count). The SMILES string of the molecule is CCC(C)C(=O)Cn1cc(Br)c([N+](=O)[O-])n1. The van der Waals surface area contributed by atoms with Crippen molar-refractivity contribution in [2.45, 2.75) is 26.8 Å². The minimum Gasteiger partial charge on any atom is -0.358 e. The number of ketones is 1. The molecular formula is C9H12BrN3O3. The summed E-state index contributed by atoms with van der Waals surface area (Å²) < 4.78 is 1.57. The Balaban J connectivity index is 2.79. The summed E-state index contributed by atoms with van der Waals surface area (Å²) in [5.74, 6) is -0.300. The van der Waals surface area contributed by atoms with Gasteiger partial charge in [0.05, 0.1) is 11.3 Å². The molecule has 16 heavy (non-hydrogen) atoms. The zero-order valence-corrected chi connectivity index (χ0v) is 10.6. The number of rotatable bonds is 5. The maximum Gasteiger partial charge on any atom is 0.404 e. The van der Waals surface area contributed by atoms with E-state index >= 15 is 0 Å². The highest BCUT2D eigenvalue weighted by Crippen LogP contribution is 2.22. The van der Waals surface area contributed by atoms with Crippen LogP contribution in [0.1, 0.15) is 20.3 Å². The topological polar surface area (TPSA) is 78.0 Å². The van der Waals surface area contributed by atoms with Gasteiger partial charge in [0.2, 0.25) is 0 Å². The lowest BCUT2D eigenvalue weighted by molar-refractivity contribution is -0.390. The van der Waals surface area contributed by atoms with Gasteiger partial charge in [-0.1, -0.05) is 13.8 Å². The van der Waals surface area contributed by atoms with Crippen LogP contribution in [0.2, 0.25) is 0 Å². The molecule has 1 atom stereocenters. The van der Waals surface area contributed by atoms with Crippen LogP contribution < -0.4 is 0 Å². The van der Waals surface area contributed by atoms with Crippen LogP contribution in [0.3, 0.4) is 0 Å². The molecule has 0 aliphatic carbocycles. The maximum atomic E-state index is 11.6. The minimum atomic E-state index is -0.589. The van der Waals surface area contributed by atoms with Crippen LogP contribution >= 0.6 is 15.9 Å². The van der Waals surface area contributed by atoms with Gasteiger partial charge >= 0.3 is 5.82 Å². The molecule has 0 spiro atoms. The number of Topliss-reactive ketones (excluding diaryl/α,β-unsaturated/α-hetero) is 1. The molecule has 7 heteroatoms. The summed E-state index contributed by atoms with van der Waals surface area (Å²) in [6.45, 7) is 3.82. The Morgan fingerprint density at radius 1 is 1.75 bits per heavy atom. The quantitative estimate of drug-likeness (QED) is 0.615. The van der Waals surface area contributed by atoms with Gasteiger partial charge in [0.15, 0.2) is 5.78 Å². The van der Waals surface area contributed by atoms with E-state index in [1.165, 1.54) is 10.9 Å². The number of nitro groups is 1. The fraction of sp³-hybridized carbons (Fsp3) is 0.556. The van der Waals surface area contributed by atoms with Crippen LogP contribution in [0.15, 0.2) is 10.7 Å². The number of hydrogen-bond acceptors (Lipinski definition) is 4. The molecule has 6 nitrogen and oxygen atoms in total. The fourth-order valence-corrected chi connectivity index (χ4v) is 1.60. The van der Waals surface area contributed by atoms with Gasteiger partial charge in [-0.15, -0.1) is 0 Å². The average molecular weight is 290 g/mol. The molecule has 0 saturated heterocycles. The van der Waals surface area contributed by atoms with Gasteiger partial charge in [-0.3, -0.25) is 4.79 Å². The maximum absolute atomic E-state index is 11.6. The standard InChI is InChI=1S/C9H12BrN3O3/c1-3-6(2)8(14)5-12-4-7(10)9(11-12)13(15)16/h4,6H,3,5H2,1-2H3. The van der Waals surface area contributed by atoms with E-state index in [-0.39, 0.29) is 28.5 Å². The summed E-state index contributed by atoms with van der Waals surface area (Å²) in [6.07, 6.45) is 2.20. The van der Waals surface area contributed by atoms with Gasteiger partial charge in [0, 0.05) is 5.92 Å². The van der Waals surface area contributed by atoms with E-state index < -0.39 is 4.92 Å². The normalized spacial score (nSPS) is 12.4. The number of aromatic nitrogens is 2.